The molecule has 4 rings (SSSR count). The van der Waals surface area contributed by atoms with Crippen molar-refractivity contribution in [2.75, 3.05) is 5.32 Å². The van der Waals surface area contributed by atoms with Crippen LogP contribution in [0.4, 0.5) is 9.52 Å². The molecule has 0 bridgehead atoms. The molecule has 2 aromatic heterocycles. The maximum absolute atomic E-state index is 13.1. The number of amides is 1. The molecule has 4 aromatic rings. The third-order valence-corrected chi connectivity index (χ3v) is 5.29. The summed E-state index contributed by atoms with van der Waals surface area (Å²) in [7, 11) is 0. The van der Waals surface area contributed by atoms with Crippen LogP contribution in [-0.4, -0.2) is 15.5 Å². The largest absolute Gasteiger partial charge is 0.310 e. The fraction of sp³-hybridized carbons (Fsp3) is 0.0952. The number of aryl methyl sites for hydroxylation is 1. The van der Waals surface area contributed by atoms with Crippen molar-refractivity contribution in [1.29, 1.82) is 0 Å². The van der Waals surface area contributed by atoms with Crippen LogP contribution in [0.5, 0.6) is 0 Å². The van der Waals surface area contributed by atoms with Gasteiger partial charge in [-0.15, -0.1) is 0 Å². The molecule has 0 fully saturated rings. The van der Waals surface area contributed by atoms with Crippen molar-refractivity contribution < 1.29 is 9.18 Å². The first-order valence-electron chi connectivity index (χ1n) is 8.62. The van der Waals surface area contributed by atoms with Gasteiger partial charge in [-0.3, -0.25) is 14.9 Å². The number of para-hydroxylation sites is 1. The van der Waals surface area contributed by atoms with Crippen molar-refractivity contribution in [1.82, 2.24) is 9.55 Å². The molecular formula is C21H16FN3O2S. The molecule has 0 saturated heterocycles. The maximum Gasteiger partial charge on any atom is 0.258 e. The standard InChI is InChI=1S/C21H16FN3O2S/c1-13-3-2-4-17-19(13)23-21(28-17)24-20(27)15-7-10-18(26)25(12-15)11-14-5-8-16(22)9-6-14/h2-10,12H,11H2,1H3,(H,23,24,27). The lowest BCUT2D eigenvalue weighted by atomic mass is 10.2. The fourth-order valence-electron chi connectivity index (χ4n) is 2.88. The third kappa shape index (κ3) is 3.70. The summed E-state index contributed by atoms with van der Waals surface area (Å²) in [5, 5.41) is 3.30. The van der Waals surface area contributed by atoms with Crippen LogP contribution < -0.4 is 10.9 Å². The summed E-state index contributed by atoms with van der Waals surface area (Å²) < 4.78 is 15.5. The topological polar surface area (TPSA) is 64.0 Å². The zero-order valence-electron chi connectivity index (χ0n) is 15.0. The molecule has 0 saturated carbocycles. The first kappa shape index (κ1) is 18.1. The van der Waals surface area contributed by atoms with Crippen LogP contribution in [0, 0.1) is 12.7 Å². The number of hydrogen-bond acceptors (Lipinski definition) is 4. The number of nitrogens with zero attached hydrogens (tertiary/aromatic N) is 2. The van der Waals surface area contributed by atoms with Crippen molar-refractivity contribution in [3.8, 4) is 0 Å². The molecule has 0 atom stereocenters. The molecule has 2 aromatic carbocycles. The second kappa shape index (κ2) is 7.36. The molecule has 1 N–H and O–H groups in total. The van der Waals surface area contributed by atoms with Gasteiger partial charge in [0.05, 0.1) is 22.3 Å². The van der Waals surface area contributed by atoms with Crippen LogP contribution in [0.3, 0.4) is 0 Å². The Labute approximate surface area is 164 Å². The zero-order valence-corrected chi connectivity index (χ0v) is 15.8. The Kier molecular flexibility index (Phi) is 4.75. The van der Waals surface area contributed by atoms with Gasteiger partial charge in [-0.05, 0) is 42.3 Å². The molecule has 1 amide bonds. The molecule has 0 aliphatic heterocycles. The smallest absolute Gasteiger partial charge is 0.258 e. The number of fused-ring (bicyclic) bond motifs is 1. The van der Waals surface area contributed by atoms with Crippen molar-refractivity contribution in [3.63, 3.8) is 0 Å². The number of nitrogens with one attached hydrogen (secondary N) is 1. The lowest BCUT2D eigenvalue weighted by molar-refractivity contribution is 0.102. The van der Waals surface area contributed by atoms with Gasteiger partial charge < -0.3 is 4.57 Å². The van der Waals surface area contributed by atoms with E-state index in [1.807, 2.05) is 25.1 Å². The minimum atomic E-state index is -0.343. The Morgan fingerprint density at radius 2 is 1.93 bits per heavy atom. The zero-order chi connectivity index (χ0) is 19.7. The molecule has 140 valence electrons. The van der Waals surface area contributed by atoms with Gasteiger partial charge in [-0.1, -0.05) is 35.6 Å². The van der Waals surface area contributed by atoms with Crippen LogP contribution in [0.15, 0.2) is 65.6 Å². The van der Waals surface area contributed by atoms with Gasteiger partial charge in [0.15, 0.2) is 5.13 Å². The molecule has 7 heteroatoms. The summed E-state index contributed by atoms with van der Waals surface area (Å²) in [5.74, 6) is -0.681. The van der Waals surface area contributed by atoms with E-state index < -0.39 is 0 Å². The van der Waals surface area contributed by atoms with E-state index in [2.05, 4.69) is 10.3 Å². The highest BCUT2D eigenvalue weighted by Crippen LogP contribution is 2.28. The van der Waals surface area contributed by atoms with E-state index in [0.717, 1.165) is 21.3 Å². The summed E-state index contributed by atoms with van der Waals surface area (Å²) in [6.45, 7) is 2.22. The number of thiazole rings is 1. The van der Waals surface area contributed by atoms with E-state index in [-0.39, 0.29) is 23.8 Å². The quantitative estimate of drug-likeness (QED) is 0.565. The van der Waals surface area contributed by atoms with Gasteiger partial charge in [-0.25, -0.2) is 9.37 Å². The van der Waals surface area contributed by atoms with E-state index in [9.17, 15) is 14.0 Å². The maximum atomic E-state index is 13.1. The predicted octanol–water partition coefficient (Wildman–Crippen LogP) is 4.21. The number of aromatic nitrogens is 2. The Hall–Kier alpha value is -3.32. The van der Waals surface area contributed by atoms with Crippen molar-refractivity contribution >= 4 is 32.6 Å². The van der Waals surface area contributed by atoms with Crippen LogP contribution in [-0.2, 0) is 6.54 Å². The van der Waals surface area contributed by atoms with E-state index in [4.69, 9.17) is 0 Å². The van der Waals surface area contributed by atoms with Crippen LogP contribution in [0.25, 0.3) is 10.2 Å². The van der Waals surface area contributed by atoms with Crippen molar-refractivity contribution in [2.45, 2.75) is 13.5 Å². The fourth-order valence-corrected chi connectivity index (χ4v) is 3.82. The van der Waals surface area contributed by atoms with Gasteiger partial charge in [0, 0.05) is 12.3 Å². The highest BCUT2D eigenvalue weighted by Gasteiger charge is 2.12. The summed E-state index contributed by atoms with van der Waals surface area (Å²) in [5.41, 5.74) is 2.78. The van der Waals surface area contributed by atoms with Gasteiger partial charge in [0.25, 0.3) is 11.5 Å². The normalized spacial score (nSPS) is 10.9. The third-order valence-electron chi connectivity index (χ3n) is 4.35. The number of rotatable bonds is 4. The van der Waals surface area contributed by atoms with Gasteiger partial charge in [0.1, 0.15) is 5.82 Å². The van der Waals surface area contributed by atoms with Crippen LogP contribution in [0.2, 0.25) is 0 Å². The number of carbonyl (C=O) groups excluding carboxylic acids is 1. The van der Waals surface area contributed by atoms with E-state index in [1.165, 1.54) is 46.4 Å². The lowest BCUT2D eigenvalue weighted by Gasteiger charge is -2.08. The SMILES string of the molecule is Cc1cccc2sc(NC(=O)c3ccc(=O)n(Cc4ccc(F)cc4)c3)nc12. The first-order chi connectivity index (χ1) is 13.5. The highest BCUT2D eigenvalue weighted by molar-refractivity contribution is 7.22. The molecule has 0 unspecified atom stereocenters. The summed E-state index contributed by atoms with van der Waals surface area (Å²) in [6.07, 6.45) is 1.50. The minimum Gasteiger partial charge on any atom is -0.310 e. The van der Waals surface area contributed by atoms with Crippen LogP contribution >= 0.6 is 11.3 Å². The molecule has 0 radical (unpaired) electrons. The first-order valence-corrected chi connectivity index (χ1v) is 9.44. The average Bonchev–Trinajstić information content (AvgIpc) is 3.09. The molecular weight excluding hydrogens is 377 g/mol. The van der Waals surface area contributed by atoms with Crippen LogP contribution in [0.1, 0.15) is 21.5 Å². The van der Waals surface area contributed by atoms with Crippen molar-refractivity contribution in [2.24, 2.45) is 0 Å². The predicted molar refractivity (Wildman–Crippen MR) is 109 cm³/mol. The average molecular weight is 393 g/mol. The molecule has 0 spiro atoms. The van der Waals surface area contributed by atoms with E-state index in [1.54, 1.807) is 12.1 Å². The number of anilines is 1. The van der Waals surface area contributed by atoms with Crippen molar-refractivity contribution in [3.05, 3.63) is 93.7 Å². The van der Waals surface area contributed by atoms with E-state index >= 15 is 0 Å². The molecule has 2 heterocycles. The monoisotopic (exact) mass is 393 g/mol. The summed E-state index contributed by atoms with van der Waals surface area (Å²) in [6, 6.07) is 14.6. The van der Waals surface area contributed by atoms with Gasteiger partial charge >= 0.3 is 0 Å². The Balaban J connectivity index is 1.57. The lowest BCUT2D eigenvalue weighted by Crippen LogP contribution is -2.22. The molecule has 0 aliphatic rings. The van der Waals surface area contributed by atoms with E-state index in [0.29, 0.717) is 10.7 Å². The Bertz CT molecular complexity index is 1230. The second-order valence-electron chi connectivity index (χ2n) is 6.41. The molecule has 0 aliphatic carbocycles. The molecule has 5 nitrogen and oxygen atoms in total. The Morgan fingerprint density at radius 1 is 1.14 bits per heavy atom. The number of benzene rings is 2. The number of pyridine rings is 1. The summed E-state index contributed by atoms with van der Waals surface area (Å²) in [4.78, 5) is 29.2. The van der Waals surface area contributed by atoms with Gasteiger partial charge in [-0.2, -0.15) is 0 Å². The molecule has 28 heavy (non-hydrogen) atoms. The highest BCUT2D eigenvalue weighted by atomic mass is 32.1. The minimum absolute atomic E-state index is 0.239. The van der Waals surface area contributed by atoms with Gasteiger partial charge in [0.2, 0.25) is 0 Å². The second-order valence-corrected chi connectivity index (χ2v) is 7.44. The Morgan fingerprint density at radius 3 is 2.68 bits per heavy atom. The summed E-state index contributed by atoms with van der Waals surface area (Å²) >= 11 is 1.40. The number of halogens is 1. The number of carbonyl (C=O) groups is 1. The number of hydrogen-bond donors (Lipinski definition) is 1.